The minimum absolute atomic E-state index is 0.000297. The Morgan fingerprint density at radius 3 is 2.73 bits per heavy atom. The number of hydrogen-bond acceptors (Lipinski definition) is 6. The third-order valence-corrected chi connectivity index (χ3v) is 6.62. The van der Waals surface area contributed by atoms with Crippen LogP contribution >= 0.6 is 0 Å². The van der Waals surface area contributed by atoms with Crippen molar-refractivity contribution in [2.75, 3.05) is 33.7 Å². The smallest absolute Gasteiger partial charge is 0.251 e. The number of likely N-dealkylation sites (N-methyl/N-ethyl adjacent to an activating group) is 1. The number of nitrogens with one attached hydrogen (secondary N) is 2. The molecule has 200 valence electrons. The zero-order chi connectivity index (χ0) is 27.3. The van der Waals surface area contributed by atoms with Crippen LogP contribution in [-0.4, -0.2) is 72.3 Å². The summed E-state index contributed by atoms with van der Waals surface area (Å²) in [5.74, 6) is -0.105. The summed E-state index contributed by atoms with van der Waals surface area (Å²) in [7, 11) is 4.04. The summed E-state index contributed by atoms with van der Waals surface area (Å²) in [4.78, 5) is 19.3. The minimum Gasteiger partial charge on any atom is -0.350 e. The van der Waals surface area contributed by atoms with Crippen molar-refractivity contribution in [1.29, 1.82) is 0 Å². The molecule has 0 aliphatic carbocycles. The van der Waals surface area contributed by atoms with Crippen molar-refractivity contribution in [2.45, 2.75) is 51.6 Å². The molecule has 1 aromatic rings. The Bertz CT molecular complexity index is 1030. The van der Waals surface area contributed by atoms with Gasteiger partial charge in [0.2, 0.25) is 0 Å². The molecule has 2 rings (SSSR count). The van der Waals surface area contributed by atoms with Gasteiger partial charge in [0.15, 0.2) is 0 Å². The summed E-state index contributed by atoms with van der Waals surface area (Å²) in [5, 5.41) is 13.0. The molecule has 1 amide bonds. The maximum Gasteiger partial charge on any atom is 0.251 e. The fraction of sp³-hybridized carbons (Fsp3) is 0.433. The number of aromatic nitrogens is 1. The lowest BCUT2D eigenvalue weighted by atomic mass is 9.94. The molecule has 7 heteroatoms. The van der Waals surface area contributed by atoms with Crippen molar-refractivity contribution in [3.8, 4) is 0 Å². The van der Waals surface area contributed by atoms with Gasteiger partial charge in [-0.05, 0) is 77.5 Å². The third-order valence-electron chi connectivity index (χ3n) is 6.62. The van der Waals surface area contributed by atoms with Crippen LogP contribution in [0, 0.1) is 0 Å². The molecule has 1 fully saturated rings. The van der Waals surface area contributed by atoms with E-state index in [4.69, 9.17) is 0 Å². The largest absolute Gasteiger partial charge is 0.350 e. The standard InChI is InChI=1S/C30H44N6O/c1-8-11-12-14-24(4)28(35(6)7)16-20-36(10-3)34-22-25(5)27-21-26(15-19-31-27)29(37)32-23-30(9-2)17-13-18-33-30/h8,11-12,14-16,19-22,28,33H,4-5,9-10,13,17-18,23H2,1-3,6-7H3,(H,32,37)/b11-8-,14-12-,20-16-,34-22-/t28?,30-/m0/s1. The molecule has 0 radical (unpaired) electrons. The molecule has 2 atom stereocenters. The van der Waals surface area contributed by atoms with Gasteiger partial charge in [0.05, 0.1) is 18.0 Å². The SMILES string of the molecule is C=C(/C=N\N(/C=C\C(C(=C)/C=C\C=C/C)N(C)C)CC)c1cc(C(=O)NC[C@]2(CC)CCCN2)ccn1. The summed E-state index contributed by atoms with van der Waals surface area (Å²) in [6.45, 7) is 16.8. The molecule has 1 aliphatic rings. The monoisotopic (exact) mass is 504 g/mol. The number of rotatable bonds is 14. The first kappa shape index (κ1) is 29.9. The van der Waals surface area contributed by atoms with Gasteiger partial charge in [-0.3, -0.25) is 19.7 Å². The van der Waals surface area contributed by atoms with E-state index in [2.05, 4.69) is 51.8 Å². The molecular formula is C30H44N6O. The topological polar surface area (TPSA) is 72.9 Å². The van der Waals surface area contributed by atoms with E-state index in [1.165, 1.54) is 0 Å². The molecule has 1 saturated heterocycles. The summed E-state index contributed by atoms with van der Waals surface area (Å²) < 4.78 is 0. The molecule has 0 bridgehead atoms. The Morgan fingerprint density at radius 1 is 1.32 bits per heavy atom. The van der Waals surface area contributed by atoms with Gasteiger partial charge in [0.25, 0.3) is 5.91 Å². The maximum atomic E-state index is 12.8. The number of hydrogen-bond donors (Lipinski definition) is 2. The highest BCUT2D eigenvalue weighted by Gasteiger charge is 2.31. The molecule has 1 aromatic heterocycles. The predicted octanol–water partition coefficient (Wildman–Crippen LogP) is 4.80. The van der Waals surface area contributed by atoms with Gasteiger partial charge in [-0.2, -0.15) is 5.10 Å². The van der Waals surface area contributed by atoms with E-state index in [9.17, 15) is 4.79 Å². The minimum atomic E-state index is -0.105. The van der Waals surface area contributed by atoms with Crippen molar-refractivity contribution in [1.82, 2.24) is 25.5 Å². The summed E-state index contributed by atoms with van der Waals surface area (Å²) in [6, 6.07) is 3.53. The lowest BCUT2D eigenvalue weighted by Crippen LogP contribution is -2.49. The van der Waals surface area contributed by atoms with Gasteiger partial charge in [0, 0.05) is 42.2 Å². The molecule has 2 N–H and O–H groups in total. The van der Waals surface area contributed by atoms with Crippen LogP contribution in [0.5, 0.6) is 0 Å². The number of pyridine rings is 1. The van der Waals surface area contributed by atoms with E-state index < -0.39 is 0 Å². The Balaban J connectivity index is 2.04. The average molecular weight is 505 g/mol. The van der Waals surface area contributed by atoms with Crippen LogP contribution in [0.3, 0.4) is 0 Å². The highest BCUT2D eigenvalue weighted by Crippen LogP contribution is 2.22. The lowest BCUT2D eigenvalue weighted by Gasteiger charge is -2.28. The van der Waals surface area contributed by atoms with Crippen LogP contribution in [0.25, 0.3) is 5.57 Å². The number of amides is 1. The number of carbonyl (C=O) groups excluding carboxylic acids is 1. The second-order valence-corrected chi connectivity index (χ2v) is 9.51. The van der Waals surface area contributed by atoms with Crippen LogP contribution in [0.2, 0.25) is 0 Å². The van der Waals surface area contributed by atoms with Crippen LogP contribution in [0.4, 0.5) is 0 Å². The van der Waals surface area contributed by atoms with Crippen molar-refractivity contribution in [3.63, 3.8) is 0 Å². The molecule has 2 heterocycles. The van der Waals surface area contributed by atoms with Crippen LogP contribution < -0.4 is 10.6 Å². The number of nitrogens with zero attached hydrogens (tertiary/aromatic N) is 4. The van der Waals surface area contributed by atoms with E-state index in [1.54, 1.807) is 24.5 Å². The molecule has 0 saturated carbocycles. The van der Waals surface area contributed by atoms with E-state index in [1.807, 2.05) is 63.5 Å². The molecular weight excluding hydrogens is 460 g/mol. The Kier molecular flexibility index (Phi) is 12.2. The van der Waals surface area contributed by atoms with Crippen molar-refractivity contribution in [3.05, 3.63) is 84.9 Å². The van der Waals surface area contributed by atoms with Gasteiger partial charge >= 0.3 is 0 Å². The van der Waals surface area contributed by atoms with E-state index in [0.717, 1.165) is 31.4 Å². The summed E-state index contributed by atoms with van der Waals surface area (Å²) in [5.41, 5.74) is 2.80. The Labute approximate surface area is 223 Å². The molecule has 7 nitrogen and oxygen atoms in total. The van der Waals surface area contributed by atoms with Gasteiger partial charge in [0.1, 0.15) is 0 Å². The first-order valence-electron chi connectivity index (χ1n) is 13.1. The average Bonchev–Trinajstić information content (AvgIpc) is 3.38. The Morgan fingerprint density at radius 2 is 2.11 bits per heavy atom. The van der Waals surface area contributed by atoms with Crippen molar-refractivity contribution in [2.24, 2.45) is 5.10 Å². The van der Waals surface area contributed by atoms with Crippen LogP contribution in [0.1, 0.15) is 56.1 Å². The zero-order valence-corrected chi connectivity index (χ0v) is 23.2. The van der Waals surface area contributed by atoms with Gasteiger partial charge < -0.3 is 10.6 Å². The molecule has 0 spiro atoms. The summed E-state index contributed by atoms with van der Waals surface area (Å²) in [6.07, 6.45) is 18.5. The zero-order valence-electron chi connectivity index (χ0n) is 23.2. The van der Waals surface area contributed by atoms with Crippen LogP contribution in [-0.2, 0) is 0 Å². The maximum absolute atomic E-state index is 12.8. The number of carbonyl (C=O) groups is 1. The van der Waals surface area contributed by atoms with E-state index in [0.29, 0.717) is 29.9 Å². The fourth-order valence-electron chi connectivity index (χ4n) is 4.18. The molecule has 1 aliphatic heterocycles. The van der Waals surface area contributed by atoms with Crippen LogP contribution in [0.15, 0.2) is 78.7 Å². The van der Waals surface area contributed by atoms with E-state index >= 15 is 0 Å². The normalized spacial score (nSPS) is 19.0. The molecule has 1 unspecified atom stereocenters. The quantitative estimate of drug-likeness (QED) is 0.216. The highest BCUT2D eigenvalue weighted by molar-refractivity contribution is 6.08. The molecule has 37 heavy (non-hydrogen) atoms. The van der Waals surface area contributed by atoms with Crippen molar-refractivity contribution >= 4 is 17.7 Å². The lowest BCUT2D eigenvalue weighted by molar-refractivity contribution is 0.0940. The van der Waals surface area contributed by atoms with Gasteiger partial charge in [-0.1, -0.05) is 44.4 Å². The second-order valence-electron chi connectivity index (χ2n) is 9.51. The third kappa shape index (κ3) is 9.26. The van der Waals surface area contributed by atoms with Gasteiger partial charge in [-0.15, -0.1) is 0 Å². The van der Waals surface area contributed by atoms with E-state index in [-0.39, 0.29) is 17.5 Å². The summed E-state index contributed by atoms with van der Waals surface area (Å²) >= 11 is 0. The first-order chi connectivity index (χ1) is 17.7. The number of hydrazone groups is 1. The fourth-order valence-corrected chi connectivity index (χ4v) is 4.18. The highest BCUT2D eigenvalue weighted by atomic mass is 16.1. The Hall–Kier alpha value is -3.29. The first-order valence-corrected chi connectivity index (χ1v) is 13.1. The van der Waals surface area contributed by atoms with Crippen molar-refractivity contribution < 1.29 is 4.79 Å². The number of allylic oxidation sites excluding steroid dienone is 4. The molecule has 0 aromatic carbocycles. The van der Waals surface area contributed by atoms with Gasteiger partial charge in [-0.25, -0.2) is 0 Å². The predicted molar refractivity (Wildman–Crippen MR) is 156 cm³/mol. The second kappa shape index (κ2) is 15.1.